The van der Waals surface area contributed by atoms with Crippen LogP contribution in [0.4, 0.5) is 0 Å². The molecule has 1 heterocycles. The molecule has 0 fully saturated rings. The molecule has 0 radical (unpaired) electrons. The number of rotatable bonds is 4. The second-order valence-corrected chi connectivity index (χ2v) is 7.39. The van der Waals surface area contributed by atoms with Gasteiger partial charge in [0.25, 0.3) is 5.91 Å². The van der Waals surface area contributed by atoms with Crippen molar-refractivity contribution in [3.05, 3.63) is 46.5 Å². The molecule has 2 atom stereocenters. The van der Waals surface area contributed by atoms with Gasteiger partial charge >= 0.3 is 0 Å². The highest BCUT2D eigenvalue weighted by Gasteiger charge is 2.47. The Hall–Kier alpha value is -2.14. The normalized spacial score (nSPS) is 24.7. The first-order valence-corrected chi connectivity index (χ1v) is 9.55. The van der Waals surface area contributed by atoms with E-state index in [0.717, 1.165) is 37.8 Å². The van der Waals surface area contributed by atoms with Gasteiger partial charge < -0.3 is 10.6 Å². The number of carbonyl (C=O) groups is 1. The summed E-state index contributed by atoms with van der Waals surface area (Å²) in [6, 6.07) is 6.10. The maximum atomic E-state index is 12.4. The van der Waals surface area contributed by atoms with Gasteiger partial charge in [-0.2, -0.15) is 0 Å². The van der Waals surface area contributed by atoms with E-state index in [4.69, 9.17) is 10.7 Å². The molecule has 1 amide bonds. The Bertz CT molecular complexity index is 765. The lowest BCUT2D eigenvalue weighted by Crippen LogP contribution is -2.41. The number of aliphatic imine (C=N–C) groups is 1. The van der Waals surface area contributed by atoms with Crippen LogP contribution in [0.25, 0.3) is 0 Å². The maximum Gasteiger partial charge on any atom is 0.253 e. The standard InChI is InChI=1S/C21H30N4O/c1-5-16-9-7-8-14-12-15(19(26)25(3)4)10-11-17(14)21(16)13-18(23-6-2)24-20(21)22/h9-12,18,23H,5-8,13H2,1-4H3,(H2,22,24)/t18-,21?/m1/s1. The van der Waals surface area contributed by atoms with E-state index in [1.165, 1.54) is 16.7 Å². The van der Waals surface area contributed by atoms with Crippen molar-refractivity contribution in [1.29, 1.82) is 0 Å². The largest absolute Gasteiger partial charge is 0.386 e. The summed E-state index contributed by atoms with van der Waals surface area (Å²) in [5.74, 6) is 0.736. The fourth-order valence-corrected chi connectivity index (χ4v) is 4.42. The summed E-state index contributed by atoms with van der Waals surface area (Å²) in [6.45, 7) is 5.15. The molecule has 26 heavy (non-hydrogen) atoms. The summed E-state index contributed by atoms with van der Waals surface area (Å²) in [4.78, 5) is 18.8. The fourth-order valence-electron chi connectivity index (χ4n) is 4.42. The van der Waals surface area contributed by atoms with Gasteiger partial charge in [-0.3, -0.25) is 15.1 Å². The molecule has 1 aliphatic carbocycles. The molecule has 3 rings (SSSR count). The molecule has 0 aromatic heterocycles. The van der Waals surface area contributed by atoms with E-state index >= 15 is 0 Å². The lowest BCUT2D eigenvalue weighted by molar-refractivity contribution is 0.0827. The van der Waals surface area contributed by atoms with Crippen molar-refractivity contribution in [2.24, 2.45) is 10.7 Å². The molecule has 1 aromatic rings. The topological polar surface area (TPSA) is 70.7 Å². The van der Waals surface area contributed by atoms with Gasteiger partial charge in [0.1, 0.15) is 12.0 Å². The van der Waals surface area contributed by atoms with Crippen LogP contribution in [0.5, 0.6) is 0 Å². The molecule has 0 saturated carbocycles. The summed E-state index contributed by atoms with van der Waals surface area (Å²) in [6.07, 6.45) is 6.08. The molecule has 0 bridgehead atoms. The summed E-state index contributed by atoms with van der Waals surface area (Å²) in [7, 11) is 3.57. The molecule has 1 aromatic carbocycles. The quantitative estimate of drug-likeness (QED) is 0.817. The monoisotopic (exact) mass is 354 g/mol. The number of hydrogen-bond acceptors (Lipinski definition) is 4. The van der Waals surface area contributed by atoms with Crippen molar-refractivity contribution >= 4 is 11.7 Å². The number of amides is 1. The molecule has 1 aliphatic heterocycles. The van der Waals surface area contributed by atoms with Gasteiger partial charge in [0, 0.05) is 26.1 Å². The summed E-state index contributed by atoms with van der Waals surface area (Å²) < 4.78 is 0. The van der Waals surface area contributed by atoms with Gasteiger partial charge in [0.2, 0.25) is 0 Å². The summed E-state index contributed by atoms with van der Waals surface area (Å²) >= 11 is 0. The second-order valence-electron chi connectivity index (χ2n) is 7.39. The third-order valence-corrected chi connectivity index (χ3v) is 5.62. The van der Waals surface area contributed by atoms with Crippen LogP contribution in [-0.2, 0) is 11.8 Å². The first kappa shape index (κ1) is 18.6. The van der Waals surface area contributed by atoms with Crippen molar-refractivity contribution in [3.8, 4) is 0 Å². The Morgan fingerprint density at radius 3 is 2.81 bits per heavy atom. The van der Waals surface area contributed by atoms with Crippen molar-refractivity contribution < 1.29 is 4.79 Å². The smallest absolute Gasteiger partial charge is 0.253 e. The van der Waals surface area contributed by atoms with Gasteiger partial charge in [-0.1, -0.05) is 31.6 Å². The van der Waals surface area contributed by atoms with Crippen LogP contribution in [0.3, 0.4) is 0 Å². The van der Waals surface area contributed by atoms with E-state index in [2.05, 4.69) is 37.4 Å². The fraction of sp³-hybridized carbons (Fsp3) is 0.524. The third kappa shape index (κ3) is 2.94. The van der Waals surface area contributed by atoms with Gasteiger partial charge in [-0.25, -0.2) is 0 Å². The number of carbonyl (C=O) groups excluding carboxylic acids is 1. The predicted octanol–water partition coefficient (Wildman–Crippen LogP) is 2.61. The average Bonchev–Trinajstić information content (AvgIpc) is 2.85. The zero-order valence-electron chi connectivity index (χ0n) is 16.3. The first-order valence-electron chi connectivity index (χ1n) is 9.55. The van der Waals surface area contributed by atoms with Crippen LogP contribution in [0, 0.1) is 0 Å². The molecule has 5 heteroatoms. The Labute approximate surface area is 156 Å². The summed E-state index contributed by atoms with van der Waals surface area (Å²) in [5, 5.41) is 3.43. The van der Waals surface area contributed by atoms with Gasteiger partial charge in [-0.05, 0) is 49.1 Å². The SMILES string of the molecule is CCN[C@H]1CC2(C(CC)=CCCc3cc(C(=O)N(C)C)ccc32)C(N)=N1. The van der Waals surface area contributed by atoms with Crippen LogP contribution >= 0.6 is 0 Å². The number of nitrogens with zero attached hydrogens (tertiary/aromatic N) is 2. The number of hydrogen-bond donors (Lipinski definition) is 2. The van der Waals surface area contributed by atoms with Crippen molar-refractivity contribution in [3.63, 3.8) is 0 Å². The van der Waals surface area contributed by atoms with E-state index in [1.807, 2.05) is 6.07 Å². The molecule has 1 unspecified atom stereocenters. The van der Waals surface area contributed by atoms with E-state index < -0.39 is 0 Å². The Balaban J connectivity index is 2.12. The lowest BCUT2D eigenvalue weighted by Gasteiger charge is -2.34. The number of aryl methyl sites for hydroxylation is 1. The van der Waals surface area contributed by atoms with Gasteiger partial charge in [0.05, 0.1) is 5.41 Å². The Kier molecular flexibility index (Phi) is 5.19. The number of fused-ring (bicyclic) bond motifs is 2. The first-order chi connectivity index (χ1) is 12.4. The van der Waals surface area contributed by atoms with E-state index in [1.54, 1.807) is 19.0 Å². The van der Waals surface area contributed by atoms with E-state index in [9.17, 15) is 4.79 Å². The highest BCUT2D eigenvalue weighted by Crippen LogP contribution is 2.46. The van der Waals surface area contributed by atoms with Crippen LogP contribution in [0.2, 0.25) is 0 Å². The van der Waals surface area contributed by atoms with Crippen LogP contribution < -0.4 is 11.1 Å². The van der Waals surface area contributed by atoms with Crippen molar-refractivity contribution in [2.45, 2.75) is 51.1 Å². The minimum absolute atomic E-state index is 0.0355. The van der Waals surface area contributed by atoms with Crippen LogP contribution in [-0.4, -0.2) is 43.4 Å². The predicted molar refractivity (Wildman–Crippen MR) is 107 cm³/mol. The van der Waals surface area contributed by atoms with Gasteiger partial charge in [0.15, 0.2) is 0 Å². The molecule has 1 spiro atoms. The second kappa shape index (κ2) is 7.23. The highest BCUT2D eigenvalue weighted by atomic mass is 16.2. The number of allylic oxidation sites excluding steroid dienone is 1. The van der Waals surface area contributed by atoms with Crippen LogP contribution in [0.15, 0.2) is 34.8 Å². The average molecular weight is 354 g/mol. The molecule has 0 saturated heterocycles. The molecule has 5 nitrogen and oxygen atoms in total. The van der Waals surface area contributed by atoms with E-state index in [-0.39, 0.29) is 17.5 Å². The molecular formula is C21H30N4O. The van der Waals surface area contributed by atoms with E-state index in [0.29, 0.717) is 5.84 Å². The zero-order chi connectivity index (χ0) is 18.9. The molecule has 2 aliphatic rings. The lowest BCUT2D eigenvalue weighted by atomic mass is 9.69. The van der Waals surface area contributed by atoms with Crippen molar-refractivity contribution in [2.75, 3.05) is 20.6 Å². The minimum Gasteiger partial charge on any atom is -0.386 e. The number of amidine groups is 1. The molecule has 140 valence electrons. The zero-order valence-corrected chi connectivity index (χ0v) is 16.3. The van der Waals surface area contributed by atoms with Gasteiger partial charge in [-0.15, -0.1) is 0 Å². The summed E-state index contributed by atoms with van der Waals surface area (Å²) in [5.41, 5.74) is 10.7. The Morgan fingerprint density at radius 1 is 1.38 bits per heavy atom. The number of nitrogens with two attached hydrogens (primary N) is 1. The third-order valence-electron chi connectivity index (χ3n) is 5.62. The minimum atomic E-state index is -0.340. The maximum absolute atomic E-state index is 12.4. The highest BCUT2D eigenvalue weighted by molar-refractivity contribution is 5.98. The molecular weight excluding hydrogens is 324 g/mol. The Morgan fingerprint density at radius 2 is 2.15 bits per heavy atom. The van der Waals surface area contributed by atoms with Crippen molar-refractivity contribution in [1.82, 2.24) is 10.2 Å². The molecule has 3 N–H and O–H groups in total. The van der Waals surface area contributed by atoms with Crippen LogP contribution in [0.1, 0.15) is 54.6 Å². The number of benzene rings is 1. The number of nitrogens with one attached hydrogen (secondary N) is 1.